The molecule has 2 aliphatic rings. The largest absolute Gasteiger partial charge is 0.510 e. The van der Waals surface area contributed by atoms with Gasteiger partial charge in [0.15, 0.2) is 17.3 Å². The van der Waals surface area contributed by atoms with Crippen LogP contribution < -0.4 is 21.3 Å². The molecule has 0 radical (unpaired) electrons. The Kier molecular flexibility index (Phi) is 9.94. The first kappa shape index (κ1) is 33.6. The fourth-order valence-corrected chi connectivity index (χ4v) is 5.98. The molecule has 236 valence electrons. The van der Waals surface area contributed by atoms with Gasteiger partial charge >= 0.3 is 0 Å². The summed E-state index contributed by atoms with van der Waals surface area (Å²) in [4.78, 5) is 54.8. The number of aliphatic hydroxyl groups excluding tert-OH is 3. The highest BCUT2D eigenvalue weighted by molar-refractivity contribution is 6.20. The summed E-state index contributed by atoms with van der Waals surface area (Å²) in [6.07, 6.45) is 0.0917. The van der Waals surface area contributed by atoms with Crippen LogP contribution in [0.5, 0.6) is 5.75 Å². The van der Waals surface area contributed by atoms with Gasteiger partial charge in [0, 0.05) is 37.3 Å². The lowest BCUT2D eigenvalue weighted by molar-refractivity contribution is -0.123. The molecule has 0 aliphatic heterocycles. The van der Waals surface area contributed by atoms with E-state index in [4.69, 9.17) is 5.73 Å². The number of hydrogen-bond donors (Lipinski definition) is 7. The van der Waals surface area contributed by atoms with Crippen molar-refractivity contribution < 1.29 is 39.6 Å². The Hall–Kier alpha value is -3.94. The van der Waals surface area contributed by atoms with Crippen LogP contribution >= 0.6 is 0 Å². The van der Waals surface area contributed by atoms with Gasteiger partial charge in [-0.25, -0.2) is 0 Å². The Labute approximate surface area is 251 Å². The van der Waals surface area contributed by atoms with E-state index in [2.05, 4.69) is 10.6 Å². The summed E-state index contributed by atoms with van der Waals surface area (Å²) < 4.78 is 0. The topological polar surface area (TPSA) is 206 Å². The van der Waals surface area contributed by atoms with Gasteiger partial charge in [-0.1, -0.05) is 0 Å². The highest BCUT2D eigenvalue weighted by Gasteiger charge is 2.44. The van der Waals surface area contributed by atoms with Gasteiger partial charge in [0.1, 0.15) is 23.7 Å². The molecule has 43 heavy (non-hydrogen) atoms. The summed E-state index contributed by atoms with van der Waals surface area (Å²) in [6.45, 7) is 4.80. The van der Waals surface area contributed by atoms with Gasteiger partial charge in [-0.15, -0.1) is 0 Å². The van der Waals surface area contributed by atoms with Crippen molar-refractivity contribution in [1.29, 1.82) is 0 Å². The van der Waals surface area contributed by atoms with E-state index < -0.39 is 70.7 Å². The van der Waals surface area contributed by atoms with Gasteiger partial charge in [0.2, 0.25) is 5.91 Å². The maximum absolute atomic E-state index is 14.0. The molecule has 3 rings (SSSR count). The normalized spacial score (nSPS) is 22.0. The molecule has 0 unspecified atom stereocenters. The number of carbonyl (C=O) groups is 4. The summed E-state index contributed by atoms with van der Waals surface area (Å²) in [6, 6.07) is 0.782. The lowest BCUT2D eigenvalue weighted by Crippen LogP contribution is -2.45. The zero-order valence-corrected chi connectivity index (χ0v) is 25.7. The number of aliphatic hydroxyl groups is 3. The van der Waals surface area contributed by atoms with Crippen LogP contribution in [0.15, 0.2) is 28.7 Å². The molecule has 0 bridgehead atoms. The number of nitrogens with one attached hydrogen (secondary N) is 2. The molecule has 0 spiro atoms. The molecule has 8 N–H and O–H groups in total. The lowest BCUT2D eigenvalue weighted by atomic mass is 9.70. The van der Waals surface area contributed by atoms with Crippen molar-refractivity contribution in [3.05, 3.63) is 39.9 Å². The number of rotatable bonds is 9. The number of hydrogen-bond acceptors (Lipinski definition) is 11. The molecule has 1 aromatic rings. The zero-order chi connectivity index (χ0) is 32.5. The number of nitrogens with two attached hydrogens (primary N) is 1. The minimum atomic E-state index is -1.03. The third-order valence-electron chi connectivity index (χ3n) is 7.81. The van der Waals surface area contributed by atoms with Gasteiger partial charge in [-0.2, -0.15) is 0 Å². The van der Waals surface area contributed by atoms with Crippen LogP contribution in [-0.2, 0) is 20.8 Å². The van der Waals surface area contributed by atoms with Crippen molar-refractivity contribution in [2.75, 3.05) is 51.6 Å². The summed E-state index contributed by atoms with van der Waals surface area (Å²) in [7, 11) is 6.82. The van der Waals surface area contributed by atoms with E-state index >= 15 is 0 Å². The van der Waals surface area contributed by atoms with Gasteiger partial charge in [-0.3, -0.25) is 24.1 Å². The number of benzene rings is 1. The average molecular weight is 602 g/mol. The first-order chi connectivity index (χ1) is 19.9. The van der Waals surface area contributed by atoms with Crippen molar-refractivity contribution in [2.45, 2.75) is 51.6 Å². The Morgan fingerprint density at radius 1 is 1.09 bits per heavy atom. The predicted octanol–water partition coefficient (Wildman–Crippen LogP) is 1.15. The number of aromatic hydroxyl groups is 1. The van der Waals surface area contributed by atoms with Gasteiger partial charge in [0.25, 0.3) is 5.91 Å². The molecular weight excluding hydrogens is 558 g/mol. The third-order valence-corrected chi connectivity index (χ3v) is 7.81. The number of fused-ring (bicyclic) bond motifs is 1. The number of nitrogens with zero attached hydrogens (tertiary/aromatic N) is 2. The average Bonchev–Trinajstić information content (AvgIpc) is 2.87. The monoisotopic (exact) mass is 601 g/mol. The van der Waals surface area contributed by atoms with Crippen LogP contribution in [0.2, 0.25) is 0 Å². The summed E-state index contributed by atoms with van der Waals surface area (Å²) in [5, 5.41) is 48.4. The molecule has 0 fully saturated rings. The molecule has 0 saturated carbocycles. The number of amides is 2. The van der Waals surface area contributed by atoms with E-state index in [0.29, 0.717) is 11.3 Å². The Balaban J connectivity index is 2.11. The first-order valence-electron chi connectivity index (χ1n) is 14.0. The molecule has 0 aromatic heterocycles. The second-order valence-electron chi connectivity index (χ2n) is 12.6. The van der Waals surface area contributed by atoms with Crippen LogP contribution in [-0.4, -0.2) is 102 Å². The van der Waals surface area contributed by atoms with E-state index in [-0.39, 0.29) is 48.2 Å². The van der Waals surface area contributed by atoms with Crippen molar-refractivity contribution in [2.24, 2.45) is 17.6 Å². The fourth-order valence-electron chi connectivity index (χ4n) is 5.98. The zero-order valence-electron chi connectivity index (χ0n) is 25.7. The van der Waals surface area contributed by atoms with Gasteiger partial charge in [0.05, 0.1) is 23.8 Å². The number of primary amides is 1. The first-order valence-corrected chi connectivity index (χ1v) is 14.0. The maximum atomic E-state index is 14.0. The molecule has 0 saturated heterocycles. The van der Waals surface area contributed by atoms with Crippen LogP contribution in [0.1, 0.15) is 49.5 Å². The van der Waals surface area contributed by atoms with Crippen LogP contribution in [0.3, 0.4) is 0 Å². The summed E-state index contributed by atoms with van der Waals surface area (Å²) in [5.41, 5.74) is 5.33. The second-order valence-corrected chi connectivity index (χ2v) is 12.6. The Bertz CT molecular complexity index is 1390. The smallest absolute Gasteiger partial charge is 0.255 e. The number of anilines is 2. The van der Waals surface area contributed by atoms with Crippen LogP contribution in [0.4, 0.5) is 11.4 Å². The van der Waals surface area contributed by atoms with E-state index in [9.17, 15) is 39.6 Å². The molecule has 13 nitrogen and oxygen atoms in total. The highest BCUT2D eigenvalue weighted by atomic mass is 16.3. The highest BCUT2D eigenvalue weighted by Crippen LogP contribution is 2.47. The number of phenolic OH excluding ortho intramolecular Hbond substituents is 1. The van der Waals surface area contributed by atoms with Crippen LogP contribution in [0.25, 0.3) is 0 Å². The van der Waals surface area contributed by atoms with Crippen molar-refractivity contribution in [3.63, 3.8) is 0 Å². The van der Waals surface area contributed by atoms with Crippen molar-refractivity contribution >= 4 is 34.8 Å². The second kappa shape index (κ2) is 12.7. The fraction of sp³-hybridized carbons (Fsp3) is 0.533. The molecule has 13 heteroatoms. The molecule has 3 atom stereocenters. The Morgan fingerprint density at radius 3 is 2.23 bits per heavy atom. The number of Topliss-reactive ketones (excluding diaryl/α,β-unsaturated/α-hetero) is 2. The quantitative estimate of drug-likeness (QED) is 0.0925. The number of carbonyl (C=O) groups excluding carboxylic acids is 4. The SMILES string of the molecule is CN(C)c1cc(NC(=O)CNC(C)(C)C)c(O)c2c1C[C@@H](C[C@@H]1CC(=O)C(C(N)=O)=C(O)[C@H]1N(C)C)/C(=C(/O)CO)C2=O. The Morgan fingerprint density at radius 2 is 1.72 bits per heavy atom. The molecule has 2 amide bonds. The van der Waals surface area contributed by atoms with E-state index in [1.54, 1.807) is 44.1 Å². The van der Waals surface area contributed by atoms with Crippen LogP contribution in [0, 0.1) is 11.8 Å². The van der Waals surface area contributed by atoms with Crippen molar-refractivity contribution in [1.82, 2.24) is 10.2 Å². The van der Waals surface area contributed by atoms with Gasteiger partial charge in [-0.05, 0) is 71.2 Å². The minimum absolute atomic E-state index is 0.0115. The number of ketones is 2. The number of allylic oxidation sites excluding steroid dienone is 1. The van der Waals surface area contributed by atoms with Crippen molar-refractivity contribution in [3.8, 4) is 5.75 Å². The minimum Gasteiger partial charge on any atom is -0.510 e. The summed E-state index contributed by atoms with van der Waals surface area (Å²) in [5.74, 6) is -5.66. The number of likely N-dealkylation sites (N-methyl/N-ethyl adjacent to an activating group) is 1. The van der Waals surface area contributed by atoms with Gasteiger partial charge < -0.3 is 41.7 Å². The lowest BCUT2D eigenvalue weighted by Gasteiger charge is -2.39. The molecule has 0 heterocycles. The molecule has 2 aliphatic carbocycles. The van der Waals surface area contributed by atoms with E-state index in [0.717, 1.165) is 0 Å². The third kappa shape index (κ3) is 7.00. The molecular formula is C30H43N5O8. The standard InChI is InChI=1S/C30H43N5O8/c1-30(2,3)32-12-21(39)33-17-11-18(34(4)5)16-9-14(22(20(38)13-36)27(41)23(16)26(17)40)8-15-10-19(37)24(29(31)43)28(42)25(15)35(6)7/h11,14-15,25,32,36,38,40,42H,8-10,12-13H2,1-7H3,(H2,31,43)(H,33,39)/b22-20-/t14-,15-,25+/m1/s1. The van der Waals surface area contributed by atoms with E-state index in [1.807, 2.05) is 20.8 Å². The predicted molar refractivity (Wildman–Crippen MR) is 161 cm³/mol. The molecule has 1 aromatic carbocycles. The summed E-state index contributed by atoms with van der Waals surface area (Å²) >= 11 is 0. The maximum Gasteiger partial charge on any atom is 0.255 e. The number of phenols is 1. The van der Waals surface area contributed by atoms with E-state index in [1.165, 1.54) is 0 Å².